The molecule has 0 aromatic rings. The Morgan fingerprint density at radius 2 is 2.00 bits per heavy atom. The molecule has 1 saturated heterocycles. The Labute approximate surface area is 102 Å². The first-order chi connectivity index (χ1) is 8.35. The zero-order valence-electron chi connectivity index (χ0n) is 9.17. The molecule has 18 heavy (non-hydrogen) atoms. The molecule has 0 bridgehead atoms. The number of rotatable bonds is 7. The maximum absolute atomic E-state index is 10.5. The number of carbonyl (C=O) groups excluding carboxylic acids is 1. The number of hydrogen-bond acceptors (Lipinski definition) is 7. The predicted octanol–water partition coefficient (Wildman–Crippen LogP) is -3.16. The van der Waals surface area contributed by atoms with Crippen molar-refractivity contribution in [2.75, 3.05) is 13.3 Å². The van der Waals surface area contributed by atoms with Gasteiger partial charge in [-0.25, -0.2) is 4.57 Å². The molecule has 1 rings (SSSR count). The minimum atomic E-state index is -4.66. The van der Waals surface area contributed by atoms with Crippen molar-refractivity contribution in [2.45, 2.75) is 24.5 Å². The highest BCUT2D eigenvalue weighted by atomic mass is 31.2. The molecule has 0 saturated carbocycles. The lowest BCUT2D eigenvalue weighted by Crippen LogP contribution is -2.44. The molecular formula is C7H15N2O8P. The quantitative estimate of drug-likeness (QED) is 0.123. The summed E-state index contributed by atoms with van der Waals surface area (Å²) in [6.07, 6.45) is -4.28. The molecule has 0 aromatic heterocycles. The third-order valence-corrected chi connectivity index (χ3v) is 2.74. The third kappa shape index (κ3) is 4.59. The lowest BCUT2D eigenvalue weighted by atomic mass is 10.1. The van der Waals surface area contributed by atoms with Crippen LogP contribution < -0.4 is 10.6 Å². The molecule has 4 atom stereocenters. The summed E-state index contributed by atoms with van der Waals surface area (Å²) in [4.78, 5) is 27.0. The van der Waals surface area contributed by atoms with E-state index in [0.717, 1.165) is 0 Å². The van der Waals surface area contributed by atoms with E-state index in [9.17, 15) is 19.6 Å². The van der Waals surface area contributed by atoms with Crippen molar-refractivity contribution in [3.05, 3.63) is 0 Å². The summed E-state index contributed by atoms with van der Waals surface area (Å²) in [5.41, 5.74) is 0. The van der Waals surface area contributed by atoms with Crippen molar-refractivity contribution < 1.29 is 38.6 Å². The minimum absolute atomic E-state index is 0.00398. The van der Waals surface area contributed by atoms with Gasteiger partial charge < -0.3 is 30.1 Å². The Hall–Kier alpha value is -0.580. The fraction of sp³-hybridized carbons (Fsp3) is 0.857. The first-order valence-corrected chi connectivity index (χ1v) is 6.50. The van der Waals surface area contributed by atoms with E-state index in [1.807, 2.05) is 0 Å². The normalized spacial score (nSPS) is 32.4. The topological polar surface area (TPSA) is 158 Å². The highest BCUT2D eigenvalue weighted by Gasteiger charge is 2.43. The molecule has 1 fully saturated rings. The highest BCUT2D eigenvalue weighted by Crippen LogP contribution is 2.36. The van der Waals surface area contributed by atoms with Crippen LogP contribution in [0.25, 0.3) is 0 Å². The van der Waals surface area contributed by atoms with Gasteiger partial charge in [0.15, 0.2) is 0 Å². The van der Waals surface area contributed by atoms with Gasteiger partial charge in [0.25, 0.3) is 0 Å². The summed E-state index contributed by atoms with van der Waals surface area (Å²) < 4.78 is 19.7. The van der Waals surface area contributed by atoms with E-state index in [1.165, 1.54) is 0 Å². The van der Waals surface area contributed by atoms with E-state index >= 15 is 0 Å². The van der Waals surface area contributed by atoms with Crippen LogP contribution in [0.1, 0.15) is 0 Å². The number of phosphoric ester groups is 1. The van der Waals surface area contributed by atoms with Gasteiger partial charge in [-0.15, -0.1) is 0 Å². The monoisotopic (exact) mass is 286 g/mol. The number of ether oxygens (including phenoxy) is 1. The van der Waals surface area contributed by atoms with Crippen LogP contribution in [0.2, 0.25) is 0 Å². The first-order valence-electron chi connectivity index (χ1n) is 4.97. The van der Waals surface area contributed by atoms with E-state index in [1.54, 1.807) is 0 Å². The Morgan fingerprint density at radius 1 is 1.33 bits per heavy atom. The molecular weight excluding hydrogens is 271 g/mol. The summed E-state index contributed by atoms with van der Waals surface area (Å²) >= 11 is 0. The smallest absolute Gasteiger partial charge is 0.387 e. The molecule has 1 aliphatic heterocycles. The van der Waals surface area contributed by atoms with Crippen LogP contribution in [0.3, 0.4) is 0 Å². The second-order valence-corrected chi connectivity index (χ2v) is 4.80. The SMILES string of the molecule is O=CNCN[C@@H]1O[C@H](COP(=O)(O)O)[C@H](O)C1O. The van der Waals surface area contributed by atoms with E-state index in [4.69, 9.17) is 14.5 Å². The Morgan fingerprint density at radius 3 is 2.56 bits per heavy atom. The van der Waals surface area contributed by atoms with E-state index in [0.29, 0.717) is 6.41 Å². The molecule has 0 aliphatic carbocycles. The summed E-state index contributed by atoms with van der Waals surface area (Å²) in [7, 11) is -4.66. The Balaban J connectivity index is 2.43. The van der Waals surface area contributed by atoms with Crippen LogP contribution >= 0.6 is 7.82 Å². The summed E-state index contributed by atoms with van der Waals surface area (Å²) in [5.74, 6) is 0. The van der Waals surface area contributed by atoms with Gasteiger partial charge >= 0.3 is 7.82 Å². The number of aliphatic hydroxyl groups excluding tert-OH is 2. The summed E-state index contributed by atoms with van der Waals surface area (Å²) in [6.45, 7) is -0.564. The average Bonchev–Trinajstić information content (AvgIpc) is 2.54. The number of amides is 1. The largest absolute Gasteiger partial charge is 0.469 e. The second-order valence-electron chi connectivity index (χ2n) is 3.57. The molecule has 0 radical (unpaired) electrons. The van der Waals surface area contributed by atoms with E-state index < -0.39 is 39.0 Å². The van der Waals surface area contributed by atoms with Crippen LogP contribution in [-0.4, -0.2) is 64.2 Å². The van der Waals surface area contributed by atoms with Gasteiger partial charge in [0.2, 0.25) is 6.41 Å². The molecule has 1 heterocycles. The predicted molar refractivity (Wildman–Crippen MR) is 55.9 cm³/mol. The molecule has 1 amide bonds. The van der Waals surface area contributed by atoms with Gasteiger partial charge in [0, 0.05) is 0 Å². The average molecular weight is 286 g/mol. The lowest BCUT2D eigenvalue weighted by Gasteiger charge is -2.15. The number of aliphatic hydroxyl groups is 2. The summed E-state index contributed by atoms with van der Waals surface area (Å²) in [6, 6.07) is 0. The number of nitrogens with one attached hydrogen (secondary N) is 2. The Kier molecular flexibility index (Phi) is 5.63. The Bertz CT molecular complexity index is 323. The van der Waals surface area contributed by atoms with Crippen LogP contribution in [-0.2, 0) is 18.6 Å². The molecule has 6 N–H and O–H groups in total. The van der Waals surface area contributed by atoms with Crippen molar-refractivity contribution in [2.24, 2.45) is 0 Å². The second kappa shape index (κ2) is 6.55. The zero-order chi connectivity index (χ0) is 13.8. The van der Waals surface area contributed by atoms with Crippen molar-refractivity contribution >= 4 is 14.2 Å². The third-order valence-electron chi connectivity index (χ3n) is 2.26. The van der Waals surface area contributed by atoms with Crippen LogP contribution in [0.15, 0.2) is 0 Å². The van der Waals surface area contributed by atoms with Gasteiger partial charge in [0.1, 0.15) is 24.5 Å². The van der Waals surface area contributed by atoms with Gasteiger partial charge in [-0.05, 0) is 0 Å². The minimum Gasteiger partial charge on any atom is -0.387 e. The first kappa shape index (κ1) is 15.5. The van der Waals surface area contributed by atoms with E-state index in [-0.39, 0.29) is 6.67 Å². The maximum atomic E-state index is 10.5. The van der Waals surface area contributed by atoms with Gasteiger partial charge in [-0.2, -0.15) is 0 Å². The van der Waals surface area contributed by atoms with Crippen LogP contribution in [0, 0.1) is 0 Å². The van der Waals surface area contributed by atoms with Crippen molar-refractivity contribution in [3.63, 3.8) is 0 Å². The molecule has 10 nitrogen and oxygen atoms in total. The molecule has 106 valence electrons. The molecule has 1 unspecified atom stereocenters. The lowest BCUT2D eigenvalue weighted by molar-refractivity contribution is -0.110. The number of hydrogen-bond donors (Lipinski definition) is 6. The highest BCUT2D eigenvalue weighted by molar-refractivity contribution is 7.46. The molecule has 0 spiro atoms. The zero-order valence-corrected chi connectivity index (χ0v) is 10.1. The van der Waals surface area contributed by atoms with Gasteiger partial charge in [0.05, 0.1) is 13.3 Å². The van der Waals surface area contributed by atoms with E-state index in [2.05, 4.69) is 15.2 Å². The fourth-order valence-electron chi connectivity index (χ4n) is 1.43. The molecule has 1 aliphatic rings. The van der Waals surface area contributed by atoms with Crippen molar-refractivity contribution in [3.8, 4) is 0 Å². The van der Waals surface area contributed by atoms with Gasteiger partial charge in [-0.1, -0.05) is 0 Å². The standard InChI is InChI=1S/C7H15N2O8P/c10-3-8-2-9-7-6(12)5(11)4(17-7)1-16-18(13,14)15/h3-7,9,11-12H,1-2H2,(H,8,10)(H2,13,14,15)/t4-,5+,6?,7-/m1/s1. The van der Waals surface area contributed by atoms with Crippen LogP contribution in [0.4, 0.5) is 0 Å². The van der Waals surface area contributed by atoms with Crippen LogP contribution in [0.5, 0.6) is 0 Å². The molecule has 0 aromatic carbocycles. The fourth-order valence-corrected chi connectivity index (χ4v) is 1.77. The maximum Gasteiger partial charge on any atom is 0.469 e. The van der Waals surface area contributed by atoms with Gasteiger partial charge in [-0.3, -0.25) is 14.6 Å². The van der Waals surface area contributed by atoms with Crippen molar-refractivity contribution in [1.29, 1.82) is 0 Å². The van der Waals surface area contributed by atoms with Crippen molar-refractivity contribution in [1.82, 2.24) is 10.6 Å². The number of carbonyl (C=O) groups is 1. The summed E-state index contributed by atoms with van der Waals surface area (Å²) in [5, 5.41) is 23.9. The number of phosphoric acid groups is 1. The molecule has 11 heteroatoms.